The van der Waals surface area contributed by atoms with Crippen molar-refractivity contribution in [2.24, 2.45) is 5.41 Å². The number of carbonyl (C=O) groups excluding carboxylic acids is 1. The van der Waals surface area contributed by atoms with Crippen molar-refractivity contribution in [2.75, 3.05) is 20.2 Å². The van der Waals surface area contributed by atoms with E-state index in [4.69, 9.17) is 4.74 Å². The maximum atomic E-state index is 12.2. The van der Waals surface area contributed by atoms with Gasteiger partial charge < -0.3 is 9.64 Å². The van der Waals surface area contributed by atoms with Gasteiger partial charge in [-0.1, -0.05) is 26.0 Å². The van der Waals surface area contributed by atoms with Crippen LogP contribution in [0.3, 0.4) is 0 Å². The molecule has 19 heavy (non-hydrogen) atoms. The van der Waals surface area contributed by atoms with Gasteiger partial charge in [-0.3, -0.25) is 4.79 Å². The molecule has 3 nitrogen and oxygen atoms in total. The standard InChI is InChI=1S/C16H23NO2/c1-16(2)8-10-17(11-9-16)15(18)12-13-4-6-14(19-3)7-5-13/h4-7H,8-12H2,1-3H3. The first-order valence-corrected chi connectivity index (χ1v) is 6.91. The fraction of sp³-hybridized carbons (Fsp3) is 0.562. The molecule has 0 bridgehead atoms. The molecule has 0 spiro atoms. The van der Waals surface area contributed by atoms with Crippen molar-refractivity contribution < 1.29 is 9.53 Å². The second-order valence-corrected chi connectivity index (χ2v) is 6.07. The van der Waals surface area contributed by atoms with Crippen molar-refractivity contribution in [3.8, 4) is 5.75 Å². The molecule has 1 aromatic carbocycles. The highest BCUT2D eigenvalue weighted by atomic mass is 16.5. The second-order valence-electron chi connectivity index (χ2n) is 6.07. The number of methoxy groups -OCH3 is 1. The average molecular weight is 261 g/mol. The molecule has 1 saturated heterocycles. The highest BCUT2D eigenvalue weighted by Crippen LogP contribution is 2.29. The Bertz CT molecular complexity index is 427. The summed E-state index contributed by atoms with van der Waals surface area (Å²) >= 11 is 0. The van der Waals surface area contributed by atoms with Gasteiger partial charge in [0.1, 0.15) is 5.75 Å². The predicted molar refractivity (Wildman–Crippen MR) is 76.3 cm³/mol. The van der Waals surface area contributed by atoms with Crippen molar-refractivity contribution in [3.05, 3.63) is 29.8 Å². The number of hydrogen-bond donors (Lipinski definition) is 0. The average Bonchev–Trinajstić information content (AvgIpc) is 2.39. The zero-order chi connectivity index (χ0) is 13.9. The van der Waals surface area contributed by atoms with Gasteiger partial charge in [0, 0.05) is 13.1 Å². The summed E-state index contributed by atoms with van der Waals surface area (Å²) in [6, 6.07) is 7.74. The predicted octanol–water partition coefficient (Wildman–Crippen LogP) is 2.89. The van der Waals surface area contributed by atoms with Crippen LogP contribution in [-0.4, -0.2) is 31.0 Å². The Hall–Kier alpha value is -1.51. The molecule has 1 aliphatic rings. The molecule has 1 fully saturated rings. The monoisotopic (exact) mass is 261 g/mol. The third-order valence-electron chi connectivity index (χ3n) is 3.98. The molecular weight excluding hydrogens is 238 g/mol. The van der Waals surface area contributed by atoms with Crippen LogP contribution in [0.2, 0.25) is 0 Å². The van der Waals surface area contributed by atoms with Gasteiger partial charge in [0.25, 0.3) is 0 Å². The van der Waals surface area contributed by atoms with Crippen LogP contribution in [0.25, 0.3) is 0 Å². The van der Waals surface area contributed by atoms with E-state index in [0.29, 0.717) is 11.8 Å². The van der Waals surface area contributed by atoms with Crippen LogP contribution in [0.4, 0.5) is 0 Å². The second kappa shape index (κ2) is 5.64. The molecule has 0 radical (unpaired) electrons. The molecule has 0 aliphatic carbocycles. The molecular formula is C16H23NO2. The molecule has 2 rings (SSSR count). The van der Waals surface area contributed by atoms with Crippen molar-refractivity contribution in [1.82, 2.24) is 4.90 Å². The molecule has 1 aliphatic heterocycles. The summed E-state index contributed by atoms with van der Waals surface area (Å²) in [6.07, 6.45) is 2.69. The third kappa shape index (κ3) is 3.72. The Morgan fingerprint density at radius 3 is 2.32 bits per heavy atom. The van der Waals surface area contributed by atoms with Crippen LogP contribution in [0.15, 0.2) is 24.3 Å². The third-order valence-corrected chi connectivity index (χ3v) is 3.98. The highest BCUT2D eigenvalue weighted by molar-refractivity contribution is 5.78. The maximum Gasteiger partial charge on any atom is 0.226 e. The Morgan fingerprint density at radius 1 is 1.21 bits per heavy atom. The fourth-order valence-corrected chi connectivity index (χ4v) is 2.39. The molecule has 0 N–H and O–H groups in total. The van der Waals surface area contributed by atoms with Gasteiger partial charge in [-0.05, 0) is 36.0 Å². The first kappa shape index (κ1) is 13.9. The van der Waals surface area contributed by atoms with E-state index in [2.05, 4.69) is 13.8 Å². The number of hydrogen-bond acceptors (Lipinski definition) is 2. The van der Waals surface area contributed by atoms with Gasteiger partial charge in [0.2, 0.25) is 5.91 Å². The Balaban J connectivity index is 1.90. The lowest BCUT2D eigenvalue weighted by molar-refractivity contribution is -0.132. The number of piperidine rings is 1. The van der Waals surface area contributed by atoms with Crippen LogP contribution in [0.1, 0.15) is 32.3 Å². The molecule has 1 aromatic rings. The topological polar surface area (TPSA) is 29.5 Å². The van der Waals surface area contributed by atoms with Crippen LogP contribution in [0, 0.1) is 5.41 Å². The van der Waals surface area contributed by atoms with E-state index in [1.54, 1.807) is 7.11 Å². The SMILES string of the molecule is COc1ccc(CC(=O)N2CCC(C)(C)CC2)cc1. The number of carbonyl (C=O) groups is 1. The Morgan fingerprint density at radius 2 is 1.79 bits per heavy atom. The van der Waals surface area contributed by atoms with E-state index in [-0.39, 0.29) is 5.91 Å². The first-order valence-electron chi connectivity index (χ1n) is 6.91. The molecule has 104 valence electrons. The van der Waals surface area contributed by atoms with E-state index >= 15 is 0 Å². The smallest absolute Gasteiger partial charge is 0.226 e. The summed E-state index contributed by atoms with van der Waals surface area (Å²) in [5.41, 5.74) is 1.44. The lowest BCUT2D eigenvalue weighted by atomic mass is 9.82. The summed E-state index contributed by atoms with van der Waals surface area (Å²) in [5.74, 6) is 1.07. The molecule has 0 saturated carbocycles. The van der Waals surface area contributed by atoms with Gasteiger partial charge >= 0.3 is 0 Å². The summed E-state index contributed by atoms with van der Waals surface area (Å²) in [4.78, 5) is 14.2. The number of benzene rings is 1. The number of nitrogens with zero attached hydrogens (tertiary/aromatic N) is 1. The summed E-state index contributed by atoms with van der Waals surface area (Å²) < 4.78 is 5.12. The van der Waals surface area contributed by atoms with E-state index in [1.807, 2.05) is 29.2 Å². The van der Waals surface area contributed by atoms with E-state index in [9.17, 15) is 4.79 Å². The van der Waals surface area contributed by atoms with E-state index < -0.39 is 0 Å². The van der Waals surface area contributed by atoms with Crippen LogP contribution >= 0.6 is 0 Å². The van der Waals surface area contributed by atoms with Gasteiger partial charge in [-0.25, -0.2) is 0 Å². The molecule has 3 heteroatoms. The van der Waals surface area contributed by atoms with Crippen molar-refractivity contribution in [2.45, 2.75) is 33.1 Å². The molecule has 1 heterocycles. The molecule has 0 unspecified atom stereocenters. The largest absolute Gasteiger partial charge is 0.497 e. The number of ether oxygens (including phenoxy) is 1. The number of likely N-dealkylation sites (tertiary alicyclic amines) is 1. The maximum absolute atomic E-state index is 12.2. The normalized spacial score (nSPS) is 18.2. The van der Waals surface area contributed by atoms with Gasteiger partial charge in [0.05, 0.1) is 13.5 Å². The minimum atomic E-state index is 0.237. The minimum Gasteiger partial charge on any atom is -0.497 e. The van der Waals surface area contributed by atoms with Gasteiger partial charge in [-0.2, -0.15) is 0 Å². The summed E-state index contributed by atoms with van der Waals surface area (Å²) in [5, 5.41) is 0. The fourth-order valence-electron chi connectivity index (χ4n) is 2.39. The van der Waals surface area contributed by atoms with Crippen LogP contribution < -0.4 is 4.74 Å². The van der Waals surface area contributed by atoms with Crippen molar-refractivity contribution >= 4 is 5.91 Å². The first-order chi connectivity index (χ1) is 9.00. The summed E-state index contributed by atoms with van der Waals surface area (Å²) in [7, 11) is 1.65. The summed E-state index contributed by atoms with van der Waals surface area (Å²) in [6.45, 7) is 6.33. The Labute approximate surface area is 115 Å². The lowest BCUT2D eigenvalue weighted by Crippen LogP contribution is -2.41. The quantitative estimate of drug-likeness (QED) is 0.837. The van der Waals surface area contributed by atoms with Crippen LogP contribution in [-0.2, 0) is 11.2 Å². The van der Waals surface area contributed by atoms with Gasteiger partial charge in [0.15, 0.2) is 0 Å². The van der Waals surface area contributed by atoms with Crippen molar-refractivity contribution in [1.29, 1.82) is 0 Å². The molecule has 0 aromatic heterocycles. The Kier molecular flexibility index (Phi) is 4.13. The number of amides is 1. The zero-order valence-corrected chi connectivity index (χ0v) is 12.1. The van der Waals surface area contributed by atoms with E-state index in [1.165, 1.54) is 0 Å². The lowest BCUT2D eigenvalue weighted by Gasteiger charge is -2.37. The van der Waals surface area contributed by atoms with Crippen LogP contribution in [0.5, 0.6) is 5.75 Å². The number of rotatable bonds is 3. The van der Waals surface area contributed by atoms with Gasteiger partial charge in [-0.15, -0.1) is 0 Å². The molecule has 0 atom stereocenters. The minimum absolute atomic E-state index is 0.237. The highest BCUT2D eigenvalue weighted by Gasteiger charge is 2.27. The van der Waals surface area contributed by atoms with E-state index in [0.717, 1.165) is 37.2 Å². The molecule has 1 amide bonds. The van der Waals surface area contributed by atoms with Crippen molar-refractivity contribution in [3.63, 3.8) is 0 Å². The zero-order valence-electron chi connectivity index (χ0n) is 12.1.